The van der Waals surface area contributed by atoms with E-state index in [1.54, 1.807) is 4.90 Å². The number of carbonyl (C=O) groups is 1. The van der Waals surface area contributed by atoms with Gasteiger partial charge in [-0.3, -0.25) is 0 Å². The first-order valence-electron chi connectivity index (χ1n) is 8.37. The molecule has 3 heterocycles. The van der Waals surface area contributed by atoms with E-state index in [-0.39, 0.29) is 17.9 Å². The molecule has 136 valence electrons. The Labute approximate surface area is 150 Å². The average Bonchev–Trinajstić information content (AvgIpc) is 3.23. The SMILES string of the molecule is CC(C)(C)OC(=O)N1CCC(C(O)c2nnc(-c3cccs3)o2)CC1. The molecule has 7 nitrogen and oxygen atoms in total. The Morgan fingerprint density at radius 2 is 2.12 bits per heavy atom. The van der Waals surface area contributed by atoms with Crippen LogP contribution >= 0.6 is 11.3 Å². The molecule has 1 amide bonds. The highest BCUT2D eigenvalue weighted by molar-refractivity contribution is 7.13. The van der Waals surface area contributed by atoms with E-state index in [1.165, 1.54) is 11.3 Å². The molecule has 0 bridgehead atoms. The summed E-state index contributed by atoms with van der Waals surface area (Å²) in [7, 11) is 0. The number of amides is 1. The van der Waals surface area contributed by atoms with Gasteiger partial charge in [0.15, 0.2) is 0 Å². The summed E-state index contributed by atoms with van der Waals surface area (Å²) >= 11 is 1.51. The molecule has 0 saturated carbocycles. The number of ether oxygens (including phenoxy) is 1. The maximum absolute atomic E-state index is 12.1. The molecule has 1 N–H and O–H groups in total. The van der Waals surface area contributed by atoms with Gasteiger partial charge in [0, 0.05) is 13.1 Å². The topological polar surface area (TPSA) is 88.7 Å². The Morgan fingerprint density at radius 3 is 2.72 bits per heavy atom. The van der Waals surface area contributed by atoms with Crippen LogP contribution in [-0.4, -0.2) is 45.0 Å². The molecular formula is C17H23N3O4S. The Balaban J connectivity index is 1.57. The van der Waals surface area contributed by atoms with Crippen LogP contribution in [-0.2, 0) is 4.74 Å². The summed E-state index contributed by atoms with van der Waals surface area (Å²) in [6, 6.07) is 3.81. The summed E-state index contributed by atoms with van der Waals surface area (Å²) in [5.74, 6) is 0.643. The van der Waals surface area contributed by atoms with Gasteiger partial charge in [-0.2, -0.15) is 0 Å². The van der Waals surface area contributed by atoms with E-state index in [1.807, 2.05) is 38.3 Å². The van der Waals surface area contributed by atoms with Gasteiger partial charge in [-0.25, -0.2) is 4.79 Å². The predicted molar refractivity (Wildman–Crippen MR) is 93.1 cm³/mol. The van der Waals surface area contributed by atoms with Crippen LogP contribution in [0.15, 0.2) is 21.9 Å². The summed E-state index contributed by atoms with van der Waals surface area (Å²) < 4.78 is 11.0. The van der Waals surface area contributed by atoms with Crippen molar-refractivity contribution in [3.63, 3.8) is 0 Å². The highest BCUT2D eigenvalue weighted by Gasteiger charge is 2.32. The van der Waals surface area contributed by atoms with Crippen LogP contribution in [0.4, 0.5) is 4.79 Å². The van der Waals surface area contributed by atoms with Crippen LogP contribution in [0.3, 0.4) is 0 Å². The number of aromatic nitrogens is 2. The Morgan fingerprint density at radius 1 is 1.40 bits per heavy atom. The van der Waals surface area contributed by atoms with Crippen molar-refractivity contribution in [1.82, 2.24) is 15.1 Å². The summed E-state index contributed by atoms with van der Waals surface area (Å²) in [5, 5.41) is 20.5. The fourth-order valence-electron chi connectivity index (χ4n) is 2.78. The standard InChI is InChI=1S/C17H23N3O4S/c1-17(2,3)24-16(22)20-8-6-11(7-9-20)13(21)15-19-18-14(23-15)12-5-4-10-25-12/h4-5,10-11,13,21H,6-9H2,1-3H3. The van der Waals surface area contributed by atoms with Crippen molar-refractivity contribution in [2.75, 3.05) is 13.1 Å². The van der Waals surface area contributed by atoms with Crippen molar-refractivity contribution in [2.24, 2.45) is 5.92 Å². The molecule has 1 saturated heterocycles. The molecule has 0 spiro atoms. The van der Waals surface area contributed by atoms with E-state index in [4.69, 9.17) is 9.15 Å². The number of hydrogen-bond acceptors (Lipinski definition) is 7. The fourth-order valence-corrected chi connectivity index (χ4v) is 3.42. The van der Waals surface area contributed by atoms with E-state index < -0.39 is 11.7 Å². The summed E-state index contributed by atoms with van der Waals surface area (Å²) in [6.45, 7) is 6.64. The summed E-state index contributed by atoms with van der Waals surface area (Å²) in [4.78, 5) is 14.7. The van der Waals surface area contributed by atoms with Crippen LogP contribution in [0.2, 0.25) is 0 Å². The molecule has 3 rings (SSSR count). The Hall–Kier alpha value is -1.93. The maximum atomic E-state index is 12.1. The van der Waals surface area contributed by atoms with Gasteiger partial charge in [-0.15, -0.1) is 21.5 Å². The number of rotatable bonds is 3. The van der Waals surface area contributed by atoms with Crippen molar-refractivity contribution < 1.29 is 19.1 Å². The van der Waals surface area contributed by atoms with Crippen LogP contribution in [0.1, 0.15) is 45.6 Å². The lowest BCUT2D eigenvalue weighted by atomic mass is 9.91. The van der Waals surface area contributed by atoms with E-state index in [0.29, 0.717) is 31.8 Å². The molecule has 1 unspecified atom stereocenters. The predicted octanol–water partition coefficient (Wildman–Crippen LogP) is 3.48. The lowest BCUT2D eigenvalue weighted by molar-refractivity contribution is 0.00382. The van der Waals surface area contributed by atoms with Crippen molar-refractivity contribution in [3.8, 4) is 10.8 Å². The molecule has 25 heavy (non-hydrogen) atoms. The molecule has 0 radical (unpaired) electrons. The third-order valence-electron chi connectivity index (χ3n) is 4.06. The Kier molecular flexibility index (Phi) is 5.10. The molecule has 0 aromatic carbocycles. The minimum absolute atomic E-state index is 0.0182. The van der Waals surface area contributed by atoms with Crippen molar-refractivity contribution >= 4 is 17.4 Å². The van der Waals surface area contributed by atoms with Gasteiger partial charge in [-0.1, -0.05) is 6.07 Å². The number of carbonyl (C=O) groups excluding carboxylic acids is 1. The first kappa shape index (κ1) is 17.9. The zero-order chi connectivity index (χ0) is 18.0. The van der Waals surface area contributed by atoms with E-state index in [9.17, 15) is 9.90 Å². The number of aliphatic hydroxyl groups is 1. The van der Waals surface area contributed by atoms with Gasteiger partial charge in [0.2, 0.25) is 5.89 Å². The highest BCUT2D eigenvalue weighted by Crippen LogP contribution is 2.32. The molecule has 2 aromatic heterocycles. The van der Waals surface area contributed by atoms with Gasteiger partial charge < -0.3 is 19.2 Å². The monoisotopic (exact) mass is 365 g/mol. The first-order valence-corrected chi connectivity index (χ1v) is 9.25. The number of likely N-dealkylation sites (tertiary alicyclic amines) is 1. The molecule has 1 atom stereocenters. The number of hydrogen-bond donors (Lipinski definition) is 1. The zero-order valence-corrected chi connectivity index (χ0v) is 15.5. The summed E-state index contributed by atoms with van der Waals surface area (Å²) in [6.07, 6.45) is 0.203. The van der Waals surface area contributed by atoms with Crippen LogP contribution in [0.25, 0.3) is 10.8 Å². The highest BCUT2D eigenvalue weighted by atomic mass is 32.1. The first-order chi connectivity index (χ1) is 11.8. The van der Waals surface area contributed by atoms with Gasteiger partial charge in [0.25, 0.3) is 5.89 Å². The quantitative estimate of drug-likeness (QED) is 0.896. The van der Waals surface area contributed by atoms with E-state index >= 15 is 0 Å². The second kappa shape index (κ2) is 7.13. The average molecular weight is 365 g/mol. The third kappa shape index (κ3) is 4.38. The van der Waals surface area contributed by atoms with E-state index in [0.717, 1.165) is 4.88 Å². The third-order valence-corrected chi connectivity index (χ3v) is 4.92. The molecule has 1 aliphatic rings. The summed E-state index contributed by atoms with van der Waals surface area (Å²) in [5.41, 5.74) is -0.505. The minimum Gasteiger partial charge on any atom is -0.444 e. The van der Waals surface area contributed by atoms with E-state index in [2.05, 4.69) is 10.2 Å². The second-order valence-corrected chi connectivity index (χ2v) is 8.12. The van der Waals surface area contributed by atoms with Crippen LogP contribution < -0.4 is 0 Å². The number of piperidine rings is 1. The minimum atomic E-state index is -0.818. The fraction of sp³-hybridized carbons (Fsp3) is 0.588. The maximum Gasteiger partial charge on any atom is 0.410 e. The smallest absolute Gasteiger partial charge is 0.410 e. The Bertz CT molecular complexity index is 700. The van der Waals surface area contributed by atoms with Crippen molar-refractivity contribution in [2.45, 2.75) is 45.3 Å². The van der Waals surface area contributed by atoms with Gasteiger partial charge >= 0.3 is 6.09 Å². The lowest BCUT2D eigenvalue weighted by Gasteiger charge is -2.34. The normalized spacial score (nSPS) is 17.5. The van der Waals surface area contributed by atoms with Gasteiger partial charge in [0.05, 0.1) is 4.88 Å². The molecule has 2 aromatic rings. The largest absolute Gasteiger partial charge is 0.444 e. The molecule has 0 aliphatic carbocycles. The molecule has 1 fully saturated rings. The van der Waals surface area contributed by atoms with Crippen LogP contribution in [0, 0.1) is 5.92 Å². The van der Waals surface area contributed by atoms with Crippen molar-refractivity contribution in [1.29, 1.82) is 0 Å². The number of thiophene rings is 1. The second-order valence-electron chi connectivity index (χ2n) is 7.17. The van der Waals surface area contributed by atoms with Crippen LogP contribution in [0.5, 0.6) is 0 Å². The number of nitrogens with zero attached hydrogens (tertiary/aromatic N) is 3. The number of aliphatic hydroxyl groups excluding tert-OH is 1. The van der Waals surface area contributed by atoms with Crippen molar-refractivity contribution in [3.05, 3.63) is 23.4 Å². The molecular weight excluding hydrogens is 342 g/mol. The zero-order valence-electron chi connectivity index (χ0n) is 14.6. The lowest BCUT2D eigenvalue weighted by Crippen LogP contribution is -2.42. The van der Waals surface area contributed by atoms with Gasteiger partial charge in [0.1, 0.15) is 11.7 Å². The molecule has 1 aliphatic heterocycles. The van der Waals surface area contributed by atoms with Gasteiger partial charge in [-0.05, 0) is 51.0 Å². The molecule has 8 heteroatoms.